The fourth-order valence-corrected chi connectivity index (χ4v) is 2.89. The summed E-state index contributed by atoms with van der Waals surface area (Å²) in [4.78, 5) is 9.60. The lowest BCUT2D eigenvalue weighted by molar-refractivity contribution is -0.132. The minimum Gasteiger partial charge on any atom is -0.478 e. The van der Waals surface area contributed by atoms with Crippen LogP contribution in [0.25, 0.3) is 0 Å². The van der Waals surface area contributed by atoms with Crippen LogP contribution in [0.1, 0.15) is 135 Å². The van der Waals surface area contributed by atoms with E-state index in [1.165, 1.54) is 6.92 Å². The van der Waals surface area contributed by atoms with Gasteiger partial charge in [0, 0.05) is 71.6 Å². The van der Waals surface area contributed by atoms with E-state index < -0.39 is 5.97 Å². The molecule has 0 rings (SSSR count). The van der Waals surface area contributed by atoms with Gasteiger partial charge >= 0.3 is 5.97 Å². The van der Waals surface area contributed by atoms with Gasteiger partial charge in [-0.15, -0.1) is 0 Å². The molecule has 12 heteroatoms. The van der Waals surface area contributed by atoms with Crippen LogP contribution in [0.3, 0.4) is 0 Å². The predicted octanol–water partition coefficient (Wildman–Crippen LogP) is 3.30. The molecule has 0 bridgehead atoms. The Balaban J connectivity index is -0.000000105. The highest BCUT2D eigenvalue weighted by atomic mass is 16.4. The van der Waals surface area contributed by atoms with Gasteiger partial charge in [0.2, 0.25) is 0 Å². The molecule has 0 amide bonds. The molecule has 0 aliphatic rings. The van der Waals surface area contributed by atoms with Crippen LogP contribution in [0.4, 0.5) is 0 Å². The average Bonchev–Trinajstić information content (AvgIpc) is 3.05. The number of carboxylic acids is 1. The second-order valence-corrected chi connectivity index (χ2v) is 10.4. The molecular weight excluding hydrogens is 600 g/mol. The predicted molar refractivity (Wildman–Crippen MR) is 186 cm³/mol. The van der Waals surface area contributed by atoms with Crippen LogP contribution in [0.15, 0.2) is 12.2 Å². The largest absolute Gasteiger partial charge is 0.478 e. The topological polar surface area (TPSA) is 240 Å². The number of aliphatic carboxylic acids is 1. The molecule has 0 atom stereocenters. The van der Waals surface area contributed by atoms with Gasteiger partial charge in [-0.25, -0.2) is 4.79 Å². The van der Waals surface area contributed by atoms with Gasteiger partial charge in [0.15, 0.2) is 0 Å². The van der Waals surface area contributed by atoms with E-state index >= 15 is 0 Å². The van der Waals surface area contributed by atoms with Crippen LogP contribution in [-0.4, -0.2) is 128 Å². The highest BCUT2D eigenvalue weighted by Gasteiger charge is 1.90. The van der Waals surface area contributed by atoms with Crippen molar-refractivity contribution in [3.8, 4) is 0 Å². The minimum atomic E-state index is -0.935. The Bertz CT molecular complexity index is 371. The number of carboxylic acid groups (broad SMARTS) is 1. The van der Waals surface area contributed by atoms with Gasteiger partial charge in [-0.05, 0) is 71.1 Å². The van der Waals surface area contributed by atoms with E-state index in [2.05, 4.69) is 6.58 Å². The molecule has 0 radical (unpaired) electrons. The van der Waals surface area contributed by atoms with Crippen molar-refractivity contribution in [2.45, 2.75) is 135 Å². The van der Waals surface area contributed by atoms with Crippen molar-refractivity contribution >= 4 is 5.97 Å². The standard InChI is InChI=1S/5C6H14O2.C4H6O2/c5*7-5-3-1-2-4-6-8;1-3(2)4(5)6/h5*7-8H,1-6H2;1H2,2H3,(H,5,6). The van der Waals surface area contributed by atoms with E-state index in [0.29, 0.717) is 0 Å². The normalized spacial score (nSPS) is 9.46. The summed E-state index contributed by atoms with van der Waals surface area (Å²) in [7, 11) is 0. The third-order valence-corrected chi connectivity index (χ3v) is 5.70. The van der Waals surface area contributed by atoms with Crippen molar-refractivity contribution in [1.29, 1.82) is 0 Å². The molecule has 0 aromatic heterocycles. The van der Waals surface area contributed by atoms with Crippen LogP contribution in [-0.2, 0) is 4.79 Å². The van der Waals surface area contributed by atoms with Crippen molar-refractivity contribution in [3.63, 3.8) is 0 Å². The van der Waals surface area contributed by atoms with Gasteiger partial charge in [0.25, 0.3) is 0 Å². The molecule has 0 aromatic rings. The maximum Gasteiger partial charge on any atom is 0.330 e. The number of hydrogen-bond donors (Lipinski definition) is 11. The summed E-state index contributed by atoms with van der Waals surface area (Å²) >= 11 is 0. The number of carbonyl (C=O) groups is 1. The summed E-state index contributed by atoms with van der Waals surface area (Å²) in [6.07, 6.45) is 19.1. The maximum absolute atomic E-state index is 9.60. The molecule has 0 spiro atoms. The van der Waals surface area contributed by atoms with E-state index in [-0.39, 0.29) is 71.6 Å². The first-order valence-corrected chi connectivity index (χ1v) is 17.2. The zero-order chi connectivity index (χ0) is 36.4. The van der Waals surface area contributed by atoms with E-state index in [0.717, 1.165) is 128 Å². The molecule has 0 saturated heterocycles. The lowest BCUT2D eigenvalue weighted by Crippen LogP contribution is -1.92. The highest BCUT2D eigenvalue weighted by Crippen LogP contribution is 1.99. The minimum absolute atomic E-state index is 0.176. The first-order valence-electron chi connectivity index (χ1n) is 17.2. The zero-order valence-corrected chi connectivity index (χ0v) is 29.2. The Hall–Kier alpha value is -1.19. The Morgan fingerprint density at radius 2 is 0.413 bits per heavy atom. The van der Waals surface area contributed by atoms with Crippen LogP contribution in [0.2, 0.25) is 0 Å². The van der Waals surface area contributed by atoms with Crippen molar-refractivity contribution in [2.75, 3.05) is 66.1 Å². The van der Waals surface area contributed by atoms with Crippen molar-refractivity contribution in [3.05, 3.63) is 12.2 Å². The van der Waals surface area contributed by atoms with E-state index in [1.807, 2.05) is 0 Å². The third kappa shape index (κ3) is 96.8. The second-order valence-electron chi connectivity index (χ2n) is 10.4. The Kier molecular flexibility index (Phi) is 82.2. The van der Waals surface area contributed by atoms with Gasteiger partial charge in [-0.3, -0.25) is 0 Å². The summed E-state index contributed by atoms with van der Waals surface area (Å²) in [5.74, 6) is -0.935. The Morgan fingerprint density at radius 3 is 0.457 bits per heavy atom. The van der Waals surface area contributed by atoms with E-state index in [1.54, 1.807) is 0 Å². The number of aliphatic hydroxyl groups excluding tert-OH is 10. The van der Waals surface area contributed by atoms with Crippen LogP contribution < -0.4 is 0 Å². The zero-order valence-electron chi connectivity index (χ0n) is 29.2. The molecule has 0 unspecified atom stereocenters. The van der Waals surface area contributed by atoms with Crippen molar-refractivity contribution in [2.24, 2.45) is 0 Å². The number of hydrogen-bond acceptors (Lipinski definition) is 11. The Labute approximate surface area is 280 Å². The summed E-state index contributed by atoms with van der Waals surface area (Å²) in [6, 6.07) is 0. The summed E-state index contributed by atoms with van der Waals surface area (Å²) < 4.78 is 0. The van der Waals surface area contributed by atoms with Crippen molar-refractivity contribution < 1.29 is 61.0 Å². The van der Waals surface area contributed by atoms with Gasteiger partial charge in [-0.2, -0.15) is 0 Å². The molecule has 0 fully saturated rings. The molecule has 0 aromatic carbocycles. The lowest BCUT2D eigenvalue weighted by Gasteiger charge is -1.93. The van der Waals surface area contributed by atoms with Gasteiger partial charge in [-0.1, -0.05) is 70.8 Å². The number of aliphatic hydroxyl groups is 10. The second kappa shape index (κ2) is 66.3. The third-order valence-electron chi connectivity index (χ3n) is 5.70. The average molecular weight is 677 g/mol. The maximum atomic E-state index is 9.60. The Morgan fingerprint density at radius 1 is 0.326 bits per heavy atom. The number of unbranched alkanes of at least 4 members (excludes halogenated alkanes) is 15. The summed E-state index contributed by atoms with van der Waals surface area (Å²) in [5, 5.41) is 90.9. The molecule has 0 heterocycles. The SMILES string of the molecule is C=C(C)C(=O)O.OCCCCCCO.OCCCCCCO.OCCCCCCO.OCCCCCCO.OCCCCCCO. The smallest absolute Gasteiger partial charge is 0.330 e. The van der Waals surface area contributed by atoms with E-state index in [4.69, 9.17) is 56.2 Å². The quantitative estimate of drug-likeness (QED) is 0.0467. The first kappa shape index (κ1) is 57.1. The molecule has 284 valence electrons. The number of rotatable bonds is 26. The molecule has 0 aliphatic heterocycles. The lowest BCUT2D eigenvalue weighted by atomic mass is 10.2. The van der Waals surface area contributed by atoms with E-state index in [9.17, 15) is 4.79 Å². The van der Waals surface area contributed by atoms with Crippen molar-refractivity contribution in [1.82, 2.24) is 0 Å². The fraction of sp³-hybridized carbons (Fsp3) is 0.912. The molecule has 0 saturated carbocycles. The molecular formula is C34H76O12. The molecule has 0 aliphatic carbocycles. The molecule has 11 N–H and O–H groups in total. The fourth-order valence-electron chi connectivity index (χ4n) is 2.89. The van der Waals surface area contributed by atoms with Gasteiger partial charge in [0.05, 0.1) is 0 Å². The molecule has 12 nitrogen and oxygen atoms in total. The van der Waals surface area contributed by atoms with Crippen LogP contribution in [0.5, 0.6) is 0 Å². The first-order chi connectivity index (χ1) is 22.2. The van der Waals surface area contributed by atoms with Crippen LogP contribution in [0, 0.1) is 0 Å². The van der Waals surface area contributed by atoms with Gasteiger partial charge in [0.1, 0.15) is 0 Å². The summed E-state index contributed by atoms with van der Waals surface area (Å²) in [5.41, 5.74) is 0.176. The van der Waals surface area contributed by atoms with Gasteiger partial charge < -0.3 is 56.2 Å². The molecule has 46 heavy (non-hydrogen) atoms. The van der Waals surface area contributed by atoms with Crippen LogP contribution >= 0.6 is 0 Å². The monoisotopic (exact) mass is 677 g/mol. The highest BCUT2D eigenvalue weighted by molar-refractivity contribution is 5.84. The summed E-state index contributed by atoms with van der Waals surface area (Å²) in [6.45, 7) is 7.43.